The Labute approximate surface area is 173 Å². The molecule has 1 unspecified atom stereocenters. The fourth-order valence-corrected chi connectivity index (χ4v) is 2.36. The van der Waals surface area contributed by atoms with E-state index in [4.69, 9.17) is 0 Å². The minimum absolute atomic E-state index is 1.06. The van der Waals surface area contributed by atoms with Gasteiger partial charge in [-0.05, 0) is 19.3 Å². The third kappa shape index (κ3) is 7.11. The van der Waals surface area contributed by atoms with Gasteiger partial charge < -0.3 is 4.55 Å². The Morgan fingerprint density at radius 2 is 1.25 bits per heavy atom. The Kier molecular flexibility index (Phi) is 9.86. The van der Waals surface area contributed by atoms with Gasteiger partial charge >= 0.3 is 29.2 Å². The number of hydrogen-bond donors (Lipinski definition) is 0. The highest BCUT2D eigenvalue weighted by Gasteiger charge is 2.84. The fourth-order valence-electron chi connectivity index (χ4n) is 1.92. The Hall–Kier alpha value is -1.78. The molecule has 0 saturated carbocycles. The zero-order chi connectivity index (χ0) is 25.6. The lowest BCUT2D eigenvalue weighted by molar-refractivity contribution is -0.377. The summed E-state index contributed by atoms with van der Waals surface area (Å²) in [6, 6.07) is 5.86. The molecule has 1 N–H and O–H groups in total. The topological polar surface area (TPSA) is 71.3 Å². The predicted octanol–water partition coefficient (Wildman–Crippen LogP) is 4.99. The largest absolute Gasteiger partial charge is 0.743 e. The fraction of sp³-hybridized carbons (Fsp3) is 0.667. The lowest BCUT2D eigenvalue weighted by Gasteiger charge is -2.38. The van der Waals surface area contributed by atoms with E-state index >= 15 is 0 Å². The highest BCUT2D eigenvalue weighted by atomic mass is 32.2. The van der Waals surface area contributed by atoms with Gasteiger partial charge in [-0.15, -0.1) is 0 Å². The normalized spacial score (nSPS) is 15.0. The van der Waals surface area contributed by atoms with Gasteiger partial charge in [0.2, 0.25) is 0 Å². The zero-order valence-corrected chi connectivity index (χ0v) is 16.3. The van der Waals surface area contributed by atoms with Gasteiger partial charge in [0.05, 0.1) is 0 Å². The number of H-pyrrole nitrogens is 1. The minimum atomic E-state index is -7.56. The molecule has 0 aliphatic rings. The number of unbranched alkanes of at least 4 members (excludes halogenated alkanes) is 1. The van der Waals surface area contributed by atoms with E-state index in [0.29, 0.717) is 0 Å². The van der Waals surface area contributed by atoms with E-state index in [0.717, 1.165) is 0 Å². The second kappa shape index (κ2) is 10.4. The minimum Gasteiger partial charge on any atom is -0.743 e. The van der Waals surface area contributed by atoms with E-state index in [1.165, 1.54) is 0 Å². The number of nitrogens with one attached hydrogen (secondary N) is 1. The van der Waals surface area contributed by atoms with E-state index in [-0.39, 0.29) is 0 Å². The summed E-state index contributed by atoms with van der Waals surface area (Å²) in [5.74, 6) is -21.5. The summed E-state index contributed by atoms with van der Waals surface area (Å²) in [6.45, 7) is 0. The molecule has 1 aromatic heterocycles. The standard InChI is InChI=1S/C10H10F12O3S.C5H5N/c11-5(3-1-2-4-6(12,13)14)7(15,16)8(17,18)9(19,20)10(21,22)26(23,24)25;1-2-4-6-5-3-1/h5H,1-4H2,(H,23,24,25);1-5H. The van der Waals surface area contributed by atoms with Crippen molar-refractivity contribution in [2.24, 2.45) is 0 Å². The molecule has 0 bridgehead atoms. The summed E-state index contributed by atoms with van der Waals surface area (Å²) in [5, 5.41) is -7.22. The van der Waals surface area contributed by atoms with Gasteiger partial charge in [0, 0.05) is 18.6 Å². The molecule has 0 aliphatic carbocycles. The monoisotopic (exact) mass is 517 g/mol. The maximum Gasteiger partial charge on any atom is 0.402 e. The van der Waals surface area contributed by atoms with Crippen LogP contribution in [0.15, 0.2) is 30.6 Å². The van der Waals surface area contributed by atoms with Crippen LogP contribution >= 0.6 is 0 Å². The number of alkyl halides is 12. The van der Waals surface area contributed by atoms with Gasteiger partial charge in [0.15, 0.2) is 28.7 Å². The van der Waals surface area contributed by atoms with Crippen LogP contribution in [-0.4, -0.2) is 48.3 Å². The lowest BCUT2D eigenvalue weighted by atomic mass is 9.96. The van der Waals surface area contributed by atoms with Crippen molar-refractivity contribution < 1.29 is 70.6 Å². The van der Waals surface area contributed by atoms with E-state index in [9.17, 15) is 65.7 Å². The molecule has 17 heteroatoms. The molecule has 188 valence electrons. The van der Waals surface area contributed by atoms with Crippen LogP contribution in [0, 0.1) is 0 Å². The molecule has 0 aromatic carbocycles. The average Bonchev–Trinajstić information content (AvgIpc) is 2.64. The first-order valence-corrected chi connectivity index (χ1v) is 9.62. The average molecular weight is 517 g/mol. The molecule has 1 rings (SSSR count). The van der Waals surface area contributed by atoms with Crippen LogP contribution < -0.4 is 4.98 Å². The summed E-state index contributed by atoms with van der Waals surface area (Å²) in [7, 11) is -7.56. The molecular formula is C15H15F12NO3S. The van der Waals surface area contributed by atoms with Gasteiger partial charge in [-0.1, -0.05) is 6.07 Å². The Bertz CT molecular complexity index is 773. The van der Waals surface area contributed by atoms with Crippen LogP contribution in [0.25, 0.3) is 0 Å². The van der Waals surface area contributed by atoms with Gasteiger partial charge in [-0.3, -0.25) is 0 Å². The van der Waals surface area contributed by atoms with E-state index in [2.05, 4.69) is 4.98 Å². The van der Waals surface area contributed by atoms with Crippen molar-refractivity contribution in [3.63, 3.8) is 0 Å². The molecule has 1 heterocycles. The number of rotatable bonds is 9. The number of pyridine rings is 1. The Morgan fingerprint density at radius 1 is 0.781 bits per heavy atom. The smallest absolute Gasteiger partial charge is 0.402 e. The van der Waals surface area contributed by atoms with Crippen LogP contribution in [0.4, 0.5) is 52.7 Å². The second-order valence-electron chi connectivity index (χ2n) is 6.15. The first-order valence-electron chi connectivity index (χ1n) is 8.21. The summed E-state index contributed by atoms with van der Waals surface area (Å²) in [4.78, 5) is 2.89. The van der Waals surface area contributed by atoms with Crippen molar-refractivity contribution in [1.82, 2.24) is 0 Å². The molecule has 0 spiro atoms. The predicted molar refractivity (Wildman–Crippen MR) is 81.9 cm³/mol. The van der Waals surface area contributed by atoms with Gasteiger partial charge in [-0.2, -0.15) is 48.3 Å². The van der Waals surface area contributed by atoms with E-state index in [1.54, 1.807) is 0 Å². The molecule has 0 aliphatic heterocycles. The van der Waals surface area contributed by atoms with Crippen molar-refractivity contribution in [3.8, 4) is 0 Å². The SMILES string of the molecule is O=S(=O)([O-])C(F)(F)C(F)(F)C(F)(F)C(F)(F)C(F)CCCCC(F)(F)F.c1cc[nH+]cc1. The zero-order valence-electron chi connectivity index (χ0n) is 15.5. The van der Waals surface area contributed by atoms with Crippen molar-refractivity contribution in [3.05, 3.63) is 30.6 Å². The summed E-state index contributed by atoms with van der Waals surface area (Å²) in [6.07, 6.45) is -11.1. The molecular weight excluding hydrogens is 502 g/mol. The van der Waals surface area contributed by atoms with Crippen molar-refractivity contribution in [2.45, 2.75) is 61.1 Å². The molecule has 4 nitrogen and oxygen atoms in total. The summed E-state index contributed by atoms with van der Waals surface area (Å²) >= 11 is 0. The van der Waals surface area contributed by atoms with Gasteiger partial charge in [-0.25, -0.2) is 17.8 Å². The number of halogens is 12. The van der Waals surface area contributed by atoms with Crippen LogP contribution in [0.2, 0.25) is 0 Å². The molecule has 1 aromatic rings. The highest BCUT2D eigenvalue weighted by molar-refractivity contribution is 7.86. The summed E-state index contributed by atoms with van der Waals surface area (Å²) in [5.41, 5.74) is 0. The molecule has 32 heavy (non-hydrogen) atoms. The van der Waals surface area contributed by atoms with E-state index < -0.39 is 71.2 Å². The molecule has 0 amide bonds. The van der Waals surface area contributed by atoms with Gasteiger partial charge in [0.25, 0.3) is 0 Å². The highest BCUT2D eigenvalue weighted by Crippen LogP contribution is 2.55. The molecule has 0 radical (unpaired) electrons. The first kappa shape index (κ1) is 30.2. The maximum absolute atomic E-state index is 13.2. The summed E-state index contributed by atoms with van der Waals surface area (Å²) < 4.78 is 183. The number of aromatic amines is 1. The van der Waals surface area contributed by atoms with Gasteiger partial charge in [0.1, 0.15) is 0 Å². The van der Waals surface area contributed by atoms with Crippen LogP contribution in [0.3, 0.4) is 0 Å². The van der Waals surface area contributed by atoms with E-state index in [1.807, 2.05) is 30.6 Å². The third-order valence-corrected chi connectivity index (χ3v) is 4.55. The van der Waals surface area contributed by atoms with Crippen molar-refractivity contribution >= 4 is 10.1 Å². The number of hydrogen-bond acceptors (Lipinski definition) is 3. The second-order valence-corrected chi connectivity index (χ2v) is 7.57. The molecule has 0 fully saturated rings. The van der Waals surface area contributed by atoms with Crippen LogP contribution in [-0.2, 0) is 10.1 Å². The Morgan fingerprint density at radius 3 is 1.56 bits per heavy atom. The quantitative estimate of drug-likeness (QED) is 0.263. The number of aromatic nitrogens is 1. The Balaban J connectivity index is 0.00000136. The maximum atomic E-state index is 13.2. The van der Waals surface area contributed by atoms with Crippen molar-refractivity contribution in [1.29, 1.82) is 0 Å². The lowest BCUT2D eigenvalue weighted by Crippen LogP contribution is -2.66. The molecule has 0 saturated heterocycles. The van der Waals surface area contributed by atoms with Crippen molar-refractivity contribution in [2.75, 3.05) is 0 Å². The third-order valence-electron chi connectivity index (χ3n) is 3.66. The first-order chi connectivity index (χ1) is 14.1. The van der Waals surface area contributed by atoms with Crippen LogP contribution in [0.1, 0.15) is 25.7 Å². The van der Waals surface area contributed by atoms with Crippen LogP contribution in [0.5, 0.6) is 0 Å². The molecule has 1 atom stereocenters.